The van der Waals surface area contributed by atoms with Crippen LogP contribution in [0.5, 0.6) is 5.75 Å². The second kappa shape index (κ2) is 7.29. The summed E-state index contributed by atoms with van der Waals surface area (Å²) in [6.07, 6.45) is 4.18. The van der Waals surface area contributed by atoms with Gasteiger partial charge in [0.15, 0.2) is 0 Å². The molecule has 0 spiro atoms. The Hall–Kier alpha value is -1.55. The summed E-state index contributed by atoms with van der Waals surface area (Å²) in [5, 5.41) is 3.11. The predicted octanol–water partition coefficient (Wildman–Crippen LogP) is 2.10. The lowest BCUT2D eigenvalue weighted by molar-refractivity contribution is -0.143. The first-order valence-electron chi connectivity index (χ1n) is 7.30. The molecule has 1 unspecified atom stereocenters. The van der Waals surface area contributed by atoms with Crippen molar-refractivity contribution < 1.29 is 14.3 Å². The van der Waals surface area contributed by atoms with Crippen molar-refractivity contribution in [3.8, 4) is 5.75 Å². The van der Waals surface area contributed by atoms with Crippen molar-refractivity contribution in [3.05, 3.63) is 29.3 Å². The molecular formula is C16H23NO3. The molecule has 4 nitrogen and oxygen atoms in total. The van der Waals surface area contributed by atoms with Gasteiger partial charge in [-0.25, -0.2) is 0 Å². The van der Waals surface area contributed by atoms with Crippen LogP contribution in [0.15, 0.2) is 18.2 Å². The third-order valence-corrected chi connectivity index (χ3v) is 3.68. The van der Waals surface area contributed by atoms with E-state index in [0.717, 1.165) is 18.7 Å². The highest BCUT2D eigenvalue weighted by Crippen LogP contribution is 2.26. The maximum absolute atomic E-state index is 11.6. The van der Waals surface area contributed by atoms with Gasteiger partial charge in [-0.2, -0.15) is 0 Å². The normalized spacial score (nSPS) is 14.7. The zero-order chi connectivity index (χ0) is 14.4. The number of hydrogen-bond donors (Lipinski definition) is 1. The molecule has 0 radical (unpaired) electrons. The van der Waals surface area contributed by atoms with E-state index in [1.165, 1.54) is 31.1 Å². The standard InChI is InChI=1S/C16H23NO3/c1-3-17-15(16(18)19-2)9-10-20-14-8-7-12-5-4-6-13(12)11-14/h7-8,11,15,17H,3-6,9-10H2,1-2H3. The number of methoxy groups -OCH3 is 1. The first-order chi connectivity index (χ1) is 9.74. The molecule has 1 aliphatic carbocycles. The summed E-state index contributed by atoms with van der Waals surface area (Å²) in [5.74, 6) is 0.662. The first kappa shape index (κ1) is 14.9. The Kier molecular flexibility index (Phi) is 5.41. The number of ether oxygens (including phenoxy) is 2. The van der Waals surface area contributed by atoms with E-state index >= 15 is 0 Å². The fraction of sp³-hybridized carbons (Fsp3) is 0.562. The molecule has 4 heteroatoms. The molecule has 20 heavy (non-hydrogen) atoms. The van der Waals surface area contributed by atoms with Crippen LogP contribution in [0, 0.1) is 0 Å². The minimum atomic E-state index is -0.292. The van der Waals surface area contributed by atoms with Crippen molar-refractivity contribution in [1.82, 2.24) is 5.32 Å². The van der Waals surface area contributed by atoms with Crippen LogP contribution < -0.4 is 10.1 Å². The van der Waals surface area contributed by atoms with E-state index in [2.05, 4.69) is 17.4 Å². The molecule has 0 heterocycles. The Labute approximate surface area is 120 Å². The van der Waals surface area contributed by atoms with E-state index in [0.29, 0.717) is 13.0 Å². The van der Waals surface area contributed by atoms with Gasteiger partial charge in [0.05, 0.1) is 13.7 Å². The van der Waals surface area contributed by atoms with Gasteiger partial charge in [0, 0.05) is 6.42 Å². The topological polar surface area (TPSA) is 47.6 Å². The quantitative estimate of drug-likeness (QED) is 0.775. The molecule has 0 saturated heterocycles. The second-order valence-electron chi connectivity index (χ2n) is 5.05. The number of hydrogen-bond acceptors (Lipinski definition) is 4. The van der Waals surface area contributed by atoms with Crippen LogP contribution in [0.4, 0.5) is 0 Å². The third-order valence-electron chi connectivity index (χ3n) is 3.68. The number of rotatable bonds is 7. The number of carbonyl (C=O) groups excluding carboxylic acids is 1. The number of esters is 1. The summed E-state index contributed by atoms with van der Waals surface area (Å²) in [7, 11) is 1.41. The molecule has 1 atom stereocenters. The maximum Gasteiger partial charge on any atom is 0.322 e. The van der Waals surface area contributed by atoms with E-state index in [4.69, 9.17) is 9.47 Å². The molecule has 1 aromatic rings. The van der Waals surface area contributed by atoms with Crippen LogP contribution in [-0.4, -0.2) is 32.3 Å². The molecule has 110 valence electrons. The zero-order valence-electron chi connectivity index (χ0n) is 12.3. The molecule has 0 bridgehead atoms. The Balaban J connectivity index is 1.83. The lowest BCUT2D eigenvalue weighted by atomic mass is 10.1. The second-order valence-corrected chi connectivity index (χ2v) is 5.05. The zero-order valence-corrected chi connectivity index (χ0v) is 12.3. The minimum Gasteiger partial charge on any atom is -0.494 e. The van der Waals surface area contributed by atoms with Gasteiger partial charge in [0.2, 0.25) is 0 Å². The van der Waals surface area contributed by atoms with Crippen molar-refractivity contribution in [2.45, 2.75) is 38.6 Å². The smallest absolute Gasteiger partial charge is 0.322 e. The SMILES string of the molecule is CCNC(CCOc1ccc2c(c1)CCC2)C(=O)OC. The number of aryl methyl sites for hydroxylation is 2. The van der Waals surface area contributed by atoms with Crippen LogP contribution in [0.25, 0.3) is 0 Å². The van der Waals surface area contributed by atoms with Crippen molar-refractivity contribution in [3.63, 3.8) is 0 Å². The van der Waals surface area contributed by atoms with Gasteiger partial charge < -0.3 is 14.8 Å². The van der Waals surface area contributed by atoms with Crippen LogP contribution in [0.3, 0.4) is 0 Å². The van der Waals surface area contributed by atoms with Crippen LogP contribution >= 0.6 is 0 Å². The molecule has 0 amide bonds. The van der Waals surface area contributed by atoms with Gasteiger partial charge in [-0.05, 0) is 49.1 Å². The molecule has 1 N–H and O–H groups in total. The molecule has 2 rings (SSSR count). The summed E-state index contributed by atoms with van der Waals surface area (Å²) in [5.41, 5.74) is 2.84. The summed E-state index contributed by atoms with van der Waals surface area (Å²) in [6.45, 7) is 3.21. The van der Waals surface area contributed by atoms with E-state index < -0.39 is 0 Å². The fourth-order valence-corrected chi connectivity index (χ4v) is 2.62. The Morgan fingerprint density at radius 3 is 2.90 bits per heavy atom. The Bertz CT molecular complexity index is 459. The average molecular weight is 277 g/mol. The maximum atomic E-state index is 11.6. The molecule has 1 aromatic carbocycles. The highest BCUT2D eigenvalue weighted by Gasteiger charge is 2.18. The Morgan fingerprint density at radius 1 is 1.35 bits per heavy atom. The molecule has 0 aliphatic heterocycles. The van der Waals surface area contributed by atoms with Gasteiger partial charge in [-0.15, -0.1) is 0 Å². The van der Waals surface area contributed by atoms with Gasteiger partial charge in [-0.3, -0.25) is 4.79 Å². The van der Waals surface area contributed by atoms with E-state index in [9.17, 15) is 4.79 Å². The van der Waals surface area contributed by atoms with Gasteiger partial charge in [-0.1, -0.05) is 13.0 Å². The van der Waals surface area contributed by atoms with Crippen LogP contribution in [0.1, 0.15) is 30.9 Å². The van der Waals surface area contributed by atoms with Crippen LogP contribution in [-0.2, 0) is 22.4 Å². The molecule has 1 aliphatic rings. The lowest BCUT2D eigenvalue weighted by Gasteiger charge is -2.16. The Morgan fingerprint density at radius 2 is 2.15 bits per heavy atom. The third kappa shape index (κ3) is 3.73. The predicted molar refractivity (Wildman–Crippen MR) is 78.1 cm³/mol. The molecule has 0 fully saturated rings. The largest absolute Gasteiger partial charge is 0.494 e. The summed E-state index contributed by atoms with van der Waals surface area (Å²) in [4.78, 5) is 11.6. The highest BCUT2D eigenvalue weighted by atomic mass is 16.5. The van der Waals surface area contributed by atoms with E-state index in [-0.39, 0.29) is 12.0 Å². The highest BCUT2D eigenvalue weighted by molar-refractivity contribution is 5.75. The molecular weight excluding hydrogens is 254 g/mol. The first-order valence-corrected chi connectivity index (χ1v) is 7.30. The molecule has 0 saturated carbocycles. The molecule has 0 aromatic heterocycles. The lowest BCUT2D eigenvalue weighted by Crippen LogP contribution is -2.38. The number of benzene rings is 1. The monoisotopic (exact) mass is 277 g/mol. The number of fused-ring (bicyclic) bond motifs is 1. The van der Waals surface area contributed by atoms with Crippen molar-refractivity contribution >= 4 is 5.97 Å². The summed E-state index contributed by atoms with van der Waals surface area (Å²) < 4.78 is 10.5. The van der Waals surface area contributed by atoms with E-state index in [1.54, 1.807) is 0 Å². The summed E-state index contributed by atoms with van der Waals surface area (Å²) in [6, 6.07) is 6.01. The number of likely N-dealkylation sites (N-methyl/N-ethyl adjacent to an activating group) is 1. The fourth-order valence-electron chi connectivity index (χ4n) is 2.62. The van der Waals surface area contributed by atoms with Crippen molar-refractivity contribution in [1.29, 1.82) is 0 Å². The van der Waals surface area contributed by atoms with Gasteiger partial charge >= 0.3 is 5.97 Å². The minimum absolute atomic E-state index is 0.232. The number of carbonyl (C=O) groups is 1. The number of nitrogens with one attached hydrogen (secondary N) is 1. The van der Waals surface area contributed by atoms with Crippen molar-refractivity contribution in [2.75, 3.05) is 20.3 Å². The average Bonchev–Trinajstić information content (AvgIpc) is 2.93. The van der Waals surface area contributed by atoms with Gasteiger partial charge in [0.25, 0.3) is 0 Å². The van der Waals surface area contributed by atoms with Crippen molar-refractivity contribution in [2.24, 2.45) is 0 Å². The van der Waals surface area contributed by atoms with Crippen LogP contribution in [0.2, 0.25) is 0 Å². The summed E-state index contributed by atoms with van der Waals surface area (Å²) >= 11 is 0. The van der Waals surface area contributed by atoms with E-state index in [1.807, 2.05) is 13.0 Å². The van der Waals surface area contributed by atoms with Gasteiger partial charge in [0.1, 0.15) is 11.8 Å².